The Balaban J connectivity index is 1.73. The fourth-order valence-corrected chi connectivity index (χ4v) is 3.21. The Morgan fingerprint density at radius 2 is 1.65 bits per heavy atom. The molecule has 2 aromatic heterocycles. The van der Waals surface area contributed by atoms with Crippen LogP contribution in [0.4, 0.5) is 0 Å². The quantitative estimate of drug-likeness (QED) is 0.441. The average Bonchev–Trinajstić information content (AvgIpc) is 3.11. The van der Waals surface area contributed by atoms with Gasteiger partial charge in [-0.2, -0.15) is 15.0 Å². The molecule has 1 aromatic carbocycles. The Morgan fingerprint density at radius 1 is 1.00 bits per heavy atom. The Bertz CT molecular complexity index is 797. The van der Waals surface area contributed by atoms with Gasteiger partial charge < -0.3 is 5.32 Å². The van der Waals surface area contributed by atoms with Crippen molar-refractivity contribution in [2.75, 3.05) is 0 Å². The van der Waals surface area contributed by atoms with Crippen molar-refractivity contribution in [2.45, 2.75) is 51.6 Å². The van der Waals surface area contributed by atoms with E-state index >= 15 is 0 Å². The second-order valence-electron chi connectivity index (χ2n) is 6.44. The molecule has 6 heteroatoms. The molecule has 2 heterocycles. The zero-order valence-corrected chi connectivity index (χ0v) is 16.0. The normalized spacial score (nSPS) is 12.2. The molecule has 136 valence electrons. The molecule has 0 saturated heterocycles. The molecular weight excluding hydrogens is 342 g/mol. The summed E-state index contributed by atoms with van der Waals surface area (Å²) in [5, 5.41) is 12.7. The van der Waals surface area contributed by atoms with Crippen molar-refractivity contribution in [3.05, 3.63) is 54.4 Å². The van der Waals surface area contributed by atoms with Gasteiger partial charge in [0.25, 0.3) is 0 Å². The molecule has 3 rings (SSSR count). The number of rotatable bonds is 9. The van der Waals surface area contributed by atoms with E-state index in [0.717, 1.165) is 29.4 Å². The fourth-order valence-electron chi connectivity index (χ4n) is 2.94. The van der Waals surface area contributed by atoms with Gasteiger partial charge in [-0.1, -0.05) is 57.0 Å². The van der Waals surface area contributed by atoms with Crippen LogP contribution < -0.4 is 5.32 Å². The SMILES string of the molecule is CCCCCCCC(NC(=S)c1ccncc1)n1nc2ccccc2n1. The zero-order chi connectivity index (χ0) is 18.2. The minimum absolute atomic E-state index is 0.0512. The van der Waals surface area contributed by atoms with Gasteiger partial charge in [-0.3, -0.25) is 4.98 Å². The van der Waals surface area contributed by atoms with E-state index in [1.165, 1.54) is 25.7 Å². The van der Waals surface area contributed by atoms with Crippen LogP contribution in [0.15, 0.2) is 48.8 Å². The molecule has 0 amide bonds. The van der Waals surface area contributed by atoms with Crippen LogP contribution in [0, 0.1) is 0 Å². The molecule has 1 N–H and O–H groups in total. The molecule has 0 fully saturated rings. The minimum atomic E-state index is -0.0512. The maximum Gasteiger partial charge on any atom is 0.141 e. The van der Waals surface area contributed by atoms with Crippen molar-refractivity contribution in [1.82, 2.24) is 25.3 Å². The fraction of sp³-hybridized carbons (Fsp3) is 0.400. The maximum atomic E-state index is 5.59. The van der Waals surface area contributed by atoms with Crippen molar-refractivity contribution in [3.8, 4) is 0 Å². The lowest BCUT2D eigenvalue weighted by Crippen LogP contribution is -2.33. The third-order valence-corrected chi connectivity index (χ3v) is 4.76. The van der Waals surface area contributed by atoms with Gasteiger partial charge in [-0.05, 0) is 37.1 Å². The highest BCUT2D eigenvalue weighted by molar-refractivity contribution is 7.80. The predicted molar refractivity (Wildman–Crippen MR) is 109 cm³/mol. The third-order valence-electron chi connectivity index (χ3n) is 4.40. The molecule has 0 saturated carbocycles. The second-order valence-corrected chi connectivity index (χ2v) is 6.85. The Kier molecular flexibility index (Phi) is 6.66. The molecule has 0 spiro atoms. The molecule has 1 unspecified atom stereocenters. The third kappa shape index (κ3) is 4.85. The lowest BCUT2D eigenvalue weighted by Gasteiger charge is -2.19. The monoisotopic (exact) mass is 367 g/mol. The summed E-state index contributed by atoms with van der Waals surface area (Å²) >= 11 is 5.59. The number of nitrogens with one attached hydrogen (secondary N) is 1. The number of fused-ring (bicyclic) bond motifs is 1. The van der Waals surface area contributed by atoms with E-state index in [-0.39, 0.29) is 6.17 Å². The van der Waals surface area contributed by atoms with Gasteiger partial charge in [0.2, 0.25) is 0 Å². The molecular formula is C20H25N5S. The van der Waals surface area contributed by atoms with Crippen LogP contribution in [-0.2, 0) is 0 Å². The van der Waals surface area contributed by atoms with E-state index in [1.807, 2.05) is 36.4 Å². The van der Waals surface area contributed by atoms with Gasteiger partial charge in [0, 0.05) is 18.0 Å². The van der Waals surface area contributed by atoms with Crippen LogP contribution in [0.1, 0.15) is 57.2 Å². The molecule has 0 aliphatic carbocycles. The standard InChI is InChI=1S/C20H25N5S/c1-2-3-4-5-6-11-19(22-20(26)16-12-14-21-15-13-16)25-23-17-9-7-8-10-18(17)24-25/h7-10,12-15,19H,2-6,11H2,1H3,(H,22,26). The van der Waals surface area contributed by atoms with Crippen molar-refractivity contribution < 1.29 is 0 Å². The van der Waals surface area contributed by atoms with Gasteiger partial charge in [-0.25, -0.2) is 0 Å². The highest BCUT2D eigenvalue weighted by Crippen LogP contribution is 2.17. The number of hydrogen-bond donors (Lipinski definition) is 1. The van der Waals surface area contributed by atoms with Crippen LogP contribution in [0.5, 0.6) is 0 Å². The molecule has 3 aromatic rings. The summed E-state index contributed by atoms with van der Waals surface area (Å²) in [6.45, 7) is 2.23. The summed E-state index contributed by atoms with van der Waals surface area (Å²) < 4.78 is 0. The van der Waals surface area contributed by atoms with E-state index in [9.17, 15) is 0 Å². The van der Waals surface area contributed by atoms with Crippen LogP contribution >= 0.6 is 12.2 Å². The van der Waals surface area contributed by atoms with Crippen molar-refractivity contribution in [1.29, 1.82) is 0 Å². The van der Waals surface area contributed by atoms with E-state index < -0.39 is 0 Å². The lowest BCUT2D eigenvalue weighted by molar-refractivity contribution is 0.349. The lowest BCUT2D eigenvalue weighted by atomic mass is 10.1. The highest BCUT2D eigenvalue weighted by Gasteiger charge is 2.16. The number of aromatic nitrogens is 4. The zero-order valence-electron chi connectivity index (χ0n) is 15.1. The van der Waals surface area contributed by atoms with Gasteiger partial charge in [0.15, 0.2) is 0 Å². The first-order valence-electron chi connectivity index (χ1n) is 9.30. The summed E-state index contributed by atoms with van der Waals surface area (Å²) in [6, 6.07) is 11.8. The summed E-state index contributed by atoms with van der Waals surface area (Å²) in [7, 11) is 0. The average molecular weight is 368 g/mol. The summed E-state index contributed by atoms with van der Waals surface area (Å²) in [4.78, 5) is 6.53. The molecule has 26 heavy (non-hydrogen) atoms. The van der Waals surface area contributed by atoms with Gasteiger partial charge in [0.1, 0.15) is 22.2 Å². The van der Waals surface area contributed by atoms with E-state index in [0.29, 0.717) is 4.99 Å². The van der Waals surface area contributed by atoms with Crippen molar-refractivity contribution in [2.24, 2.45) is 0 Å². The molecule has 0 aliphatic rings. The smallest absolute Gasteiger partial charge is 0.141 e. The van der Waals surface area contributed by atoms with E-state index in [4.69, 9.17) is 12.2 Å². The van der Waals surface area contributed by atoms with Crippen LogP contribution in [-0.4, -0.2) is 25.0 Å². The summed E-state index contributed by atoms with van der Waals surface area (Å²) in [5.41, 5.74) is 2.77. The van der Waals surface area contributed by atoms with E-state index in [2.05, 4.69) is 27.4 Å². The topological polar surface area (TPSA) is 55.6 Å². The van der Waals surface area contributed by atoms with Gasteiger partial charge in [-0.15, -0.1) is 0 Å². The minimum Gasteiger partial charge on any atom is -0.353 e. The van der Waals surface area contributed by atoms with E-state index in [1.54, 1.807) is 17.2 Å². The maximum absolute atomic E-state index is 5.59. The number of benzene rings is 1. The highest BCUT2D eigenvalue weighted by atomic mass is 32.1. The number of pyridine rings is 1. The number of nitrogens with zero attached hydrogens (tertiary/aromatic N) is 4. The second kappa shape index (κ2) is 9.38. The first kappa shape index (κ1) is 18.5. The first-order valence-corrected chi connectivity index (χ1v) is 9.71. The van der Waals surface area contributed by atoms with Crippen LogP contribution in [0.2, 0.25) is 0 Å². The van der Waals surface area contributed by atoms with Gasteiger partial charge in [0.05, 0.1) is 0 Å². The largest absolute Gasteiger partial charge is 0.353 e. The molecule has 0 bridgehead atoms. The molecule has 0 aliphatic heterocycles. The Labute approximate surface area is 159 Å². The number of unbranched alkanes of at least 4 members (excludes halogenated alkanes) is 4. The molecule has 1 atom stereocenters. The van der Waals surface area contributed by atoms with Crippen molar-refractivity contribution >= 4 is 28.2 Å². The first-order chi connectivity index (χ1) is 12.8. The molecule has 5 nitrogen and oxygen atoms in total. The summed E-state index contributed by atoms with van der Waals surface area (Å²) in [5.74, 6) is 0. The van der Waals surface area contributed by atoms with Crippen LogP contribution in [0.25, 0.3) is 11.0 Å². The van der Waals surface area contributed by atoms with Gasteiger partial charge >= 0.3 is 0 Å². The Morgan fingerprint density at radius 3 is 2.31 bits per heavy atom. The Hall–Kier alpha value is -2.34. The van der Waals surface area contributed by atoms with Crippen LogP contribution in [0.3, 0.4) is 0 Å². The number of hydrogen-bond acceptors (Lipinski definition) is 4. The summed E-state index contributed by atoms with van der Waals surface area (Å²) in [6.07, 6.45) is 10.5. The van der Waals surface area contributed by atoms with Crippen molar-refractivity contribution in [3.63, 3.8) is 0 Å². The number of thiocarbonyl (C=S) groups is 1. The molecule has 0 radical (unpaired) electrons. The predicted octanol–water partition coefficient (Wildman–Crippen LogP) is 4.65.